The Kier molecular flexibility index (Phi) is 4.00. The van der Waals surface area contributed by atoms with Gasteiger partial charge in [-0.2, -0.15) is 5.26 Å². The Morgan fingerprint density at radius 2 is 2.24 bits per heavy atom. The average Bonchev–Trinajstić information content (AvgIpc) is 3.16. The molecule has 5 heteroatoms. The molecule has 0 saturated carbocycles. The molecule has 21 heavy (non-hydrogen) atoms. The third-order valence-corrected chi connectivity index (χ3v) is 4.17. The topological polar surface area (TPSA) is 49.8 Å². The second-order valence-electron chi connectivity index (χ2n) is 4.23. The SMILES string of the molecule is N#C/C(=C/c1ccco1)c1nc(-c2cccc(Br)c2)cs1. The van der Waals surface area contributed by atoms with Crippen LogP contribution in [0.2, 0.25) is 0 Å². The summed E-state index contributed by atoms with van der Waals surface area (Å²) in [7, 11) is 0. The van der Waals surface area contributed by atoms with Crippen molar-refractivity contribution >= 4 is 38.9 Å². The minimum Gasteiger partial charge on any atom is -0.465 e. The van der Waals surface area contributed by atoms with E-state index < -0.39 is 0 Å². The van der Waals surface area contributed by atoms with Crippen LogP contribution in [0.15, 0.2) is 56.9 Å². The van der Waals surface area contributed by atoms with Crippen LogP contribution in [0.3, 0.4) is 0 Å². The van der Waals surface area contributed by atoms with Crippen LogP contribution in [0, 0.1) is 11.3 Å². The van der Waals surface area contributed by atoms with Crippen molar-refractivity contribution in [3.05, 3.63) is 63.3 Å². The lowest BCUT2D eigenvalue weighted by Crippen LogP contribution is -1.82. The van der Waals surface area contributed by atoms with E-state index >= 15 is 0 Å². The Morgan fingerprint density at radius 3 is 2.95 bits per heavy atom. The first-order valence-corrected chi connectivity index (χ1v) is 7.80. The number of furan rings is 1. The van der Waals surface area contributed by atoms with Crippen LogP contribution in [-0.2, 0) is 0 Å². The van der Waals surface area contributed by atoms with Crippen molar-refractivity contribution in [2.75, 3.05) is 0 Å². The molecule has 0 aliphatic rings. The Morgan fingerprint density at radius 1 is 1.33 bits per heavy atom. The minimum atomic E-state index is 0.496. The Balaban J connectivity index is 1.96. The van der Waals surface area contributed by atoms with E-state index in [1.807, 2.05) is 29.6 Å². The Hall–Kier alpha value is -2.16. The van der Waals surface area contributed by atoms with Crippen molar-refractivity contribution < 1.29 is 4.42 Å². The van der Waals surface area contributed by atoms with Crippen molar-refractivity contribution in [2.45, 2.75) is 0 Å². The van der Waals surface area contributed by atoms with Gasteiger partial charge in [0.2, 0.25) is 0 Å². The van der Waals surface area contributed by atoms with Crippen LogP contribution < -0.4 is 0 Å². The zero-order chi connectivity index (χ0) is 14.7. The van der Waals surface area contributed by atoms with E-state index in [1.54, 1.807) is 24.5 Å². The molecule has 0 unspecified atom stereocenters. The van der Waals surface area contributed by atoms with Crippen molar-refractivity contribution in [3.8, 4) is 17.3 Å². The Labute approximate surface area is 134 Å². The molecular formula is C16H9BrN2OS. The summed E-state index contributed by atoms with van der Waals surface area (Å²) in [4.78, 5) is 4.54. The molecule has 1 aromatic carbocycles. The van der Waals surface area contributed by atoms with Gasteiger partial charge in [0.15, 0.2) is 0 Å². The third-order valence-electron chi connectivity index (χ3n) is 2.81. The summed E-state index contributed by atoms with van der Waals surface area (Å²) in [6, 6.07) is 13.7. The lowest BCUT2D eigenvalue weighted by molar-refractivity contribution is 0.557. The van der Waals surface area contributed by atoms with Gasteiger partial charge in [-0.05, 0) is 24.3 Å². The highest BCUT2D eigenvalue weighted by atomic mass is 79.9. The first kappa shape index (κ1) is 13.8. The van der Waals surface area contributed by atoms with Gasteiger partial charge >= 0.3 is 0 Å². The summed E-state index contributed by atoms with van der Waals surface area (Å²) in [6.45, 7) is 0. The molecule has 0 radical (unpaired) electrons. The molecule has 2 aromatic heterocycles. The number of nitrogens with zero attached hydrogens (tertiary/aromatic N) is 2. The van der Waals surface area contributed by atoms with Gasteiger partial charge < -0.3 is 4.42 Å². The maximum Gasteiger partial charge on any atom is 0.134 e. The summed E-state index contributed by atoms with van der Waals surface area (Å²) in [6.07, 6.45) is 3.28. The van der Waals surface area contributed by atoms with Gasteiger partial charge in [-0.1, -0.05) is 28.1 Å². The summed E-state index contributed by atoms with van der Waals surface area (Å²) in [5.74, 6) is 0.644. The molecule has 0 amide bonds. The molecule has 0 N–H and O–H groups in total. The quantitative estimate of drug-likeness (QED) is 0.603. The van der Waals surface area contributed by atoms with E-state index in [1.165, 1.54) is 11.3 Å². The number of nitriles is 1. The maximum atomic E-state index is 9.30. The standard InChI is InChI=1S/C16H9BrN2OS/c17-13-4-1-3-11(7-13)15-10-21-16(19-15)12(9-18)8-14-5-2-6-20-14/h1-8,10H/b12-8-. The second-order valence-corrected chi connectivity index (χ2v) is 6.01. The van der Waals surface area contributed by atoms with E-state index in [0.29, 0.717) is 16.3 Å². The summed E-state index contributed by atoms with van der Waals surface area (Å²) < 4.78 is 6.24. The van der Waals surface area contributed by atoms with Crippen LogP contribution in [0.25, 0.3) is 22.9 Å². The highest BCUT2D eigenvalue weighted by Crippen LogP contribution is 2.28. The number of benzene rings is 1. The molecule has 3 rings (SSSR count). The van der Waals surface area contributed by atoms with E-state index in [2.05, 4.69) is 27.0 Å². The summed E-state index contributed by atoms with van der Waals surface area (Å²) >= 11 is 4.89. The molecule has 0 spiro atoms. The van der Waals surface area contributed by atoms with Crippen molar-refractivity contribution in [1.82, 2.24) is 4.98 Å². The minimum absolute atomic E-state index is 0.496. The van der Waals surface area contributed by atoms with E-state index in [9.17, 15) is 5.26 Å². The summed E-state index contributed by atoms with van der Waals surface area (Å²) in [5.41, 5.74) is 2.37. The van der Waals surface area contributed by atoms with Crippen molar-refractivity contribution in [3.63, 3.8) is 0 Å². The zero-order valence-corrected chi connectivity index (χ0v) is 13.2. The molecule has 0 aliphatic heterocycles. The maximum absolute atomic E-state index is 9.30. The lowest BCUT2D eigenvalue weighted by Gasteiger charge is -1.97. The van der Waals surface area contributed by atoms with Gasteiger partial charge in [0, 0.05) is 21.5 Å². The number of rotatable bonds is 3. The second kappa shape index (κ2) is 6.08. The monoisotopic (exact) mass is 356 g/mol. The molecule has 0 bridgehead atoms. The molecular weight excluding hydrogens is 348 g/mol. The summed E-state index contributed by atoms with van der Waals surface area (Å²) in [5, 5.41) is 11.9. The van der Waals surface area contributed by atoms with Crippen LogP contribution in [0.1, 0.15) is 10.8 Å². The molecule has 0 fully saturated rings. The fourth-order valence-corrected chi connectivity index (χ4v) is 3.03. The number of hydrogen-bond donors (Lipinski definition) is 0. The van der Waals surface area contributed by atoms with Crippen LogP contribution in [0.5, 0.6) is 0 Å². The number of halogens is 1. The van der Waals surface area contributed by atoms with E-state index in [0.717, 1.165) is 15.7 Å². The smallest absolute Gasteiger partial charge is 0.134 e. The van der Waals surface area contributed by atoms with Gasteiger partial charge in [-0.3, -0.25) is 0 Å². The van der Waals surface area contributed by atoms with Gasteiger partial charge in [0.25, 0.3) is 0 Å². The molecule has 102 valence electrons. The first-order chi connectivity index (χ1) is 10.3. The van der Waals surface area contributed by atoms with Crippen LogP contribution in [-0.4, -0.2) is 4.98 Å². The lowest BCUT2D eigenvalue weighted by atomic mass is 10.2. The average molecular weight is 357 g/mol. The van der Waals surface area contributed by atoms with Crippen molar-refractivity contribution in [2.24, 2.45) is 0 Å². The molecule has 0 atom stereocenters. The van der Waals surface area contributed by atoms with Crippen LogP contribution in [0.4, 0.5) is 0 Å². The molecule has 3 nitrogen and oxygen atoms in total. The van der Waals surface area contributed by atoms with Gasteiger partial charge in [-0.25, -0.2) is 4.98 Å². The van der Waals surface area contributed by atoms with Gasteiger partial charge in [0.05, 0.1) is 17.5 Å². The van der Waals surface area contributed by atoms with E-state index in [4.69, 9.17) is 4.42 Å². The highest BCUT2D eigenvalue weighted by Gasteiger charge is 2.09. The first-order valence-electron chi connectivity index (χ1n) is 6.13. The fourth-order valence-electron chi connectivity index (χ4n) is 1.84. The number of hydrogen-bond acceptors (Lipinski definition) is 4. The number of thiazole rings is 1. The predicted molar refractivity (Wildman–Crippen MR) is 87.4 cm³/mol. The largest absolute Gasteiger partial charge is 0.465 e. The molecule has 0 saturated heterocycles. The molecule has 3 aromatic rings. The third kappa shape index (κ3) is 3.13. The fraction of sp³-hybridized carbons (Fsp3) is 0. The zero-order valence-electron chi connectivity index (χ0n) is 10.8. The molecule has 2 heterocycles. The predicted octanol–water partition coefficient (Wildman–Crippen LogP) is 5.23. The number of aromatic nitrogens is 1. The van der Waals surface area contributed by atoms with Crippen molar-refractivity contribution in [1.29, 1.82) is 5.26 Å². The van der Waals surface area contributed by atoms with Gasteiger partial charge in [-0.15, -0.1) is 11.3 Å². The highest BCUT2D eigenvalue weighted by molar-refractivity contribution is 9.10. The molecule has 0 aliphatic carbocycles. The number of allylic oxidation sites excluding steroid dienone is 1. The van der Waals surface area contributed by atoms with Crippen LogP contribution >= 0.6 is 27.3 Å². The normalized spacial score (nSPS) is 11.3. The Bertz CT molecular complexity index is 828. The van der Waals surface area contributed by atoms with Gasteiger partial charge in [0.1, 0.15) is 16.8 Å². The van der Waals surface area contributed by atoms with E-state index in [-0.39, 0.29) is 0 Å².